The van der Waals surface area contributed by atoms with Crippen LogP contribution >= 0.6 is 15.9 Å². The van der Waals surface area contributed by atoms with E-state index in [9.17, 15) is 0 Å². The van der Waals surface area contributed by atoms with Gasteiger partial charge < -0.3 is 9.62 Å². The number of oxime groups is 1. The fourth-order valence-electron chi connectivity index (χ4n) is 1.84. The predicted molar refractivity (Wildman–Crippen MR) is 76.5 cm³/mol. The summed E-state index contributed by atoms with van der Waals surface area (Å²) in [5.74, 6) is 0.564. The van der Waals surface area contributed by atoms with E-state index in [1.165, 1.54) is 6.21 Å². The average molecular weight is 317 g/mol. The number of nitrogens with zero attached hydrogens (tertiary/aromatic N) is 2. The van der Waals surface area contributed by atoms with Crippen molar-refractivity contribution in [1.29, 1.82) is 0 Å². The molecule has 0 amide bonds. The van der Waals surface area contributed by atoms with Crippen LogP contribution in [0.3, 0.4) is 0 Å². The minimum atomic E-state index is 0.564. The van der Waals surface area contributed by atoms with Crippen LogP contribution in [-0.2, 0) is 0 Å². The molecular formula is C14H9BrN2O2. The summed E-state index contributed by atoms with van der Waals surface area (Å²) in [4.78, 5) is 4.44. The van der Waals surface area contributed by atoms with E-state index in [2.05, 4.69) is 26.1 Å². The highest BCUT2D eigenvalue weighted by atomic mass is 79.9. The van der Waals surface area contributed by atoms with Crippen LogP contribution < -0.4 is 0 Å². The second-order valence-corrected chi connectivity index (χ2v) is 4.92. The van der Waals surface area contributed by atoms with E-state index in [-0.39, 0.29) is 0 Å². The molecule has 94 valence electrons. The zero-order valence-electron chi connectivity index (χ0n) is 9.75. The molecule has 0 fully saturated rings. The highest BCUT2D eigenvalue weighted by Gasteiger charge is 2.08. The lowest BCUT2D eigenvalue weighted by Crippen LogP contribution is -1.80. The molecule has 0 spiro atoms. The molecule has 1 N–H and O–H groups in total. The summed E-state index contributed by atoms with van der Waals surface area (Å²) in [7, 11) is 0. The van der Waals surface area contributed by atoms with Gasteiger partial charge in [0.05, 0.1) is 6.21 Å². The first kappa shape index (κ1) is 11.9. The van der Waals surface area contributed by atoms with Crippen LogP contribution in [-0.4, -0.2) is 16.4 Å². The number of halogens is 1. The second kappa shape index (κ2) is 4.85. The smallest absolute Gasteiger partial charge is 0.227 e. The molecule has 0 aliphatic carbocycles. The fraction of sp³-hybridized carbons (Fsp3) is 0. The first-order chi connectivity index (χ1) is 9.26. The number of hydrogen-bond acceptors (Lipinski definition) is 4. The van der Waals surface area contributed by atoms with E-state index in [1.807, 2.05) is 24.3 Å². The minimum Gasteiger partial charge on any atom is -0.436 e. The third-order valence-electron chi connectivity index (χ3n) is 2.69. The molecule has 0 saturated heterocycles. The molecule has 0 unspecified atom stereocenters. The lowest BCUT2D eigenvalue weighted by molar-refractivity contribution is 0.322. The van der Waals surface area contributed by atoms with Gasteiger partial charge in [-0.3, -0.25) is 0 Å². The van der Waals surface area contributed by atoms with Crippen LogP contribution in [0.25, 0.3) is 22.6 Å². The molecule has 19 heavy (non-hydrogen) atoms. The van der Waals surface area contributed by atoms with E-state index in [0.29, 0.717) is 11.5 Å². The minimum absolute atomic E-state index is 0.564. The Balaban J connectivity index is 2.11. The number of hydrogen-bond donors (Lipinski definition) is 1. The summed E-state index contributed by atoms with van der Waals surface area (Å²) in [6.45, 7) is 0. The summed E-state index contributed by atoms with van der Waals surface area (Å²) in [5.41, 5.74) is 3.10. The highest BCUT2D eigenvalue weighted by Crippen LogP contribution is 2.26. The van der Waals surface area contributed by atoms with Gasteiger partial charge in [0, 0.05) is 10.0 Å². The molecule has 0 aliphatic rings. The summed E-state index contributed by atoms with van der Waals surface area (Å²) in [6.07, 6.45) is 1.35. The Kier molecular flexibility index (Phi) is 3.05. The SMILES string of the molecule is O/N=C\c1ccc2oc(-c3cccc(Br)c3)nc2c1. The third-order valence-corrected chi connectivity index (χ3v) is 3.18. The Morgan fingerprint density at radius 3 is 2.89 bits per heavy atom. The summed E-state index contributed by atoms with van der Waals surface area (Å²) in [6, 6.07) is 13.2. The van der Waals surface area contributed by atoms with Crippen LogP contribution in [0.2, 0.25) is 0 Å². The van der Waals surface area contributed by atoms with Crippen LogP contribution in [0.15, 0.2) is 56.5 Å². The highest BCUT2D eigenvalue weighted by molar-refractivity contribution is 9.10. The maximum atomic E-state index is 8.53. The van der Waals surface area contributed by atoms with E-state index >= 15 is 0 Å². The Hall–Kier alpha value is -2.14. The Morgan fingerprint density at radius 1 is 1.21 bits per heavy atom. The Bertz CT molecular complexity index is 765. The largest absolute Gasteiger partial charge is 0.436 e. The maximum absolute atomic E-state index is 8.53. The van der Waals surface area contributed by atoms with Gasteiger partial charge in [-0.1, -0.05) is 27.2 Å². The molecular weight excluding hydrogens is 308 g/mol. The van der Waals surface area contributed by atoms with Gasteiger partial charge in [0.1, 0.15) is 5.52 Å². The lowest BCUT2D eigenvalue weighted by Gasteiger charge is -1.94. The van der Waals surface area contributed by atoms with Gasteiger partial charge in [-0.25, -0.2) is 4.98 Å². The molecule has 3 rings (SSSR count). The van der Waals surface area contributed by atoms with Gasteiger partial charge in [-0.15, -0.1) is 0 Å². The Labute approximate surface area is 117 Å². The van der Waals surface area contributed by atoms with Crippen molar-refractivity contribution in [3.63, 3.8) is 0 Å². The molecule has 0 saturated carbocycles. The van der Waals surface area contributed by atoms with Gasteiger partial charge in [0.15, 0.2) is 5.58 Å². The number of aromatic nitrogens is 1. The van der Waals surface area contributed by atoms with Crippen molar-refractivity contribution >= 4 is 33.2 Å². The number of benzene rings is 2. The van der Waals surface area contributed by atoms with Crippen LogP contribution in [0.5, 0.6) is 0 Å². The lowest BCUT2D eigenvalue weighted by atomic mass is 10.2. The van der Waals surface area contributed by atoms with Crippen LogP contribution in [0.4, 0.5) is 0 Å². The number of rotatable bonds is 2. The van der Waals surface area contributed by atoms with Gasteiger partial charge in [0.2, 0.25) is 5.89 Å². The molecule has 3 aromatic rings. The Morgan fingerprint density at radius 2 is 2.11 bits per heavy atom. The van der Waals surface area contributed by atoms with Crippen molar-refractivity contribution in [3.8, 4) is 11.5 Å². The second-order valence-electron chi connectivity index (χ2n) is 4.00. The zero-order valence-corrected chi connectivity index (χ0v) is 11.3. The van der Waals surface area contributed by atoms with E-state index in [1.54, 1.807) is 18.2 Å². The molecule has 5 heteroatoms. The molecule has 0 radical (unpaired) electrons. The quantitative estimate of drug-likeness (QED) is 0.440. The summed E-state index contributed by atoms with van der Waals surface area (Å²) in [5, 5.41) is 11.5. The van der Waals surface area contributed by atoms with Crippen molar-refractivity contribution in [1.82, 2.24) is 4.98 Å². The van der Waals surface area contributed by atoms with E-state index in [4.69, 9.17) is 9.62 Å². The predicted octanol–water partition coefficient (Wildman–Crippen LogP) is 4.07. The molecule has 1 heterocycles. The molecule has 0 bridgehead atoms. The monoisotopic (exact) mass is 316 g/mol. The van der Waals surface area contributed by atoms with E-state index in [0.717, 1.165) is 21.1 Å². The third kappa shape index (κ3) is 2.37. The fourth-order valence-corrected chi connectivity index (χ4v) is 2.24. The number of oxazole rings is 1. The van der Waals surface area contributed by atoms with Crippen molar-refractivity contribution in [2.75, 3.05) is 0 Å². The van der Waals surface area contributed by atoms with E-state index < -0.39 is 0 Å². The van der Waals surface area contributed by atoms with Crippen LogP contribution in [0.1, 0.15) is 5.56 Å². The standard InChI is InChI=1S/C14H9BrN2O2/c15-11-3-1-2-10(7-11)14-17-12-6-9(8-16-18)4-5-13(12)19-14/h1-8,18H/b16-8-. The van der Waals surface area contributed by atoms with Crippen molar-refractivity contribution in [2.24, 2.45) is 5.16 Å². The topological polar surface area (TPSA) is 58.6 Å². The molecule has 0 aliphatic heterocycles. The zero-order chi connectivity index (χ0) is 13.2. The van der Waals surface area contributed by atoms with Gasteiger partial charge >= 0.3 is 0 Å². The first-order valence-corrected chi connectivity index (χ1v) is 6.39. The van der Waals surface area contributed by atoms with Crippen molar-refractivity contribution in [3.05, 3.63) is 52.5 Å². The normalized spacial score (nSPS) is 11.4. The molecule has 0 atom stereocenters. The van der Waals surface area contributed by atoms with Crippen molar-refractivity contribution < 1.29 is 9.62 Å². The van der Waals surface area contributed by atoms with Crippen molar-refractivity contribution in [2.45, 2.75) is 0 Å². The summed E-state index contributed by atoms with van der Waals surface area (Å²) >= 11 is 3.42. The van der Waals surface area contributed by atoms with Crippen LogP contribution in [0, 0.1) is 0 Å². The van der Waals surface area contributed by atoms with Gasteiger partial charge in [-0.05, 0) is 42.0 Å². The van der Waals surface area contributed by atoms with Gasteiger partial charge in [-0.2, -0.15) is 0 Å². The van der Waals surface area contributed by atoms with Gasteiger partial charge in [0.25, 0.3) is 0 Å². The average Bonchev–Trinajstić information content (AvgIpc) is 2.82. The molecule has 1 aromatic heterocycles. The first-order valence-electron chi connectivity index (χ1n) is 5.60. The number of fused-ring (bicyclic) bond motifs is 1. The maximum Gasteiger partial charge on any atom is 0.227 e. The molecule has 2 aromatic carbocycles. The summed E-state index contributed by atoms with van der Waals surface area (Å²) < 4.78 is 6.68. The molecule has 4 nitrogen and oxygen atoms in total.